The van der Waals surface area contributed by atoms with Crippen LogP contribution in [0.1, 0.15) is 34.0 Å². The second-order valence-electron chi connectivity index (χ2n) is 7.97. The Morgan fingerprint density at radius 1 is 1.03 bits per heavy atom. The summed E-state index contributed by atoms with van der Waals surface area (Å²) in [6, 6.07) is 16.6. The van der Waals surface area contributed by atoms with Gasteiger partial charge in [0.1, 0.15) is 0 Å². The summed E-state index contributed by atoms with van der Waals surface area (Å²) < 4.78 is 0. The van der Waals surface area contributed by atoms with Crippen molar-refractivity contribution in [1.82, 2.24) is 14.8 Å². The molecule has 164 valence electrons. The number of carbonyl (C=O) groups excluding carboxylic acids is 1. The van der Waals surface area contributed by atoms with Gasteiger partial charge in [0, 0.05) is 49.9 Å². The summed E-state index contributed by atoms with van der Waals surface area (Å²) >= 11 is 0. The highest BCUT2D eigenvalue weighted by Gasteiger charge is 2.22. The Kier molecular flexibility index (Phi) is 7.49. The number of aryl methyl sites for hydroxylation is 1. The fourth-order valence-electron chi connectivity index (χ4n) is 3.90. The predicted octanol–water partition coefficient (Wildman–Crippen LogP) is 3.14. The predicted molar refractivity (Wildman–Crippen MR) is 125 cm³/mol. The van der Waals surface area contributed by atoms with Crippen molar-refractivity contribution >= 4 is 29.2 Å². The third-order valence-electron chi connectivity index (χ3n) is 5.81. The van der Waals surface area contributed by atoms with Crippen molar-refractivity contribution in [2.75, 3.05) is 32.7 Å². The lowest BCUT2D eigenvalue weighted by Crippen LogP contribution is -2.49. The molecule has 1 aliphatic rings. The molecule has 0 radical (unpaired) electrons. The van der Waals surface area contributed by atoms with Crippen molar-refractivity contribution in [2.45, 2.75) is 19.4 Å². The lowest BCUT2D eigenvalue weighted by molar-refractivity contribution is 0.0607. The molecule has 1 unspecified atom stereocenters. The molecular weight excluding hydrogens is 414 g/mol. The molecule has 0 spiro atoms. The van der Waals surface area contributed by atoms with E-state index in [0.29, 0.717) is 25.1 Å². The Labute approximate surface area is 187 Å². The minimum absolute atomic E-state index is 0. The van der Waals surface area contributed by atoms with E-state index in [1.54, 1.807) is 18.2 Å². The molecule has 1 aliphatic heterocycles. The van der Waals surface area contributed by atoms with Gasteiger partial charge in [-0.15, -0.1) is 12.4 Å². The second-order valence-corrected chi connectivity index (χ2v) is 7.97. The number of H-pyrrole nitrogens is 1. The van der Waals surface area contributed by atoms with E-state index < -0.39 is 6.10 Å². The third-order valence-corrected chi connectivity index (χ3v) is 5.81. The smallest absolute Gasteiger partial charge is 0.253 e. The summed E-state index contributed by atoms with van der Waals surface area (Å²) in [5, 5.41) is 11.3. The quantitative estimate of drug-likeness (QED) is 0.637. The van der Waals surface area contributed by atoms with Crippen molar-refractivity contribution in [1.29, 1.82) is 0 Å². The molecule has 7 heteroatoms. The topological polar surface area (TPSA) is 76.6 Å². The molecule has 2 aromatic carbocycles. The number of aromatic nitrogens is 1. The van der Waals surface area contributed by atoms with Crippen molar-refractivity contribution < 1.29 is 9.90 Å². The molecule has 1 amide bonds. The third kappa shape index (κ3) is 5.53. The van der Waals surface area contributed by atoms with Crippen molar-refractivity contribution in [3.63, 3.8) is 0 Å². The van der Waals surface area contributed by atoms with Crippen LogP contribution >= 0.6 is 12.4 Å². The number of carbonyl (C=O) groups is 1. The number of aliphatic hydroxyl groups excluding tert-OH is 1. The van der Waals surface area contributed by atoms with Gasteiger partial charge in [0.25, 0.3) is 5.91 Å². The Bertz CT molecular complexity index is 1090. The van der Waals surface area contributed by atoms with Gasteiger partial charge in [0.2, 0.25) is 5.56 Å². The van der Waals surface area contributed by atoms with Gasteiger partial charge in [0.15, 0.2) is 0 Å². The van der Waals surface area contributed by atoms with Crippen molar-refractivity contribution in [2.24, 2.45) is 0 Å². The van der Waals surface area contributed by atoms with Gasteiger partial charge in [-0.05, 0) is 48.6 Å². The highest BCUT2D eigenvalue weighted by molar-refractivity contribution is 5.98. The number of hydrogen-bond acceptors (Lipinski definition) is 4. The van der Waals surface area contributed by atoms with Crippen LogP contribution in [0.2, 0.25) is 0 Å². The fraction of sp³-hybridized carbons (Fsp3) is 0.333. The van der Waals surface area contributed by atoms with Crippen LogP contribution < -0.4 is 5.56 Å². The first-order valence-corrected chi connectivity index (χ1v) is 10.4. The lowest BCUT2D eigenvalue weighted by atomic mass is 10.0. The zero-order valence-corrected chi connectivity index (χ0v) is 18.4. The van der Waals surface area contributed by atoms with Gasteiger partial charge in [-0.1, -0.05) is 29.8 Å². The van der Waals surface area contributed by atoms with Crippen molar-refractivity contribution in [3.05, 3.63) is 81.6 Å². The molecule has 2 N–H and O–H groups in total. The largest absolute Gasteiger partial charge is 0.388 e. The first-order valence-electron chi connectivity index (χ1n) is 10.4. The first kappa shape index (κ1) is 23.0. The van der Waals surface area contributed by atoms with E-state index >= 15 is 0 Å². The van der Waals surface area contributed by atoms with Crippen LogP contribution in [0.3, 0.4) is 0 Å². The first-order chi connectivity index (χ1) is 14.5. The number of nitrogens with zero attached hydrogens (tertiary/aromatic N) is 2. The summed E-state index contributed by atoms with van der Waals surface area (Å²) in [7, 11) is 0. The van der Waals surface area contributed by atoms with E-state index in [9.17, 15) is 14.7 Å². The molecule has 4 rings (SSSR count). The van der Waals surface area contributed by atoms with Crippen LogP contribution in [0.25, 0.3) is 10.9 Å². The maximum atomic E-state index is 12.9. The molecule has 6 nitrogen and oxygen atoms in total. The van der Waals surface area contributed by atoms with Crippen LogP contribution in [0.5, 0.6) is 0 Å². The fourth-order valence-corrected chi connectivity index (χ4v) is 3.90. The SMILES string of the molecule is Cc1ccc(C(O)CCN2CCN(C(=O)c3ccc4[nH]c(=O)ccc4c3)CC2)cc1.Cl. The number of aromatic amines is 1. The zero-order valence-electron chi connectivity index (χ0n) is 17.6. The Morgan fingerprint density at radius 3 is 2.45 bits per heavy atom. The second kappa shape index (κ2) is 10.1. The number of nitrogens with one attached hydrogen (secondary N) is 1. The molecule has 0 bridgehead atoms. The molecular formula is C24H28ClN3O3. The standard InChI is InChI=1S/C24H27N3O3.ClH/c1-17-2-4-18(5-3-17)22(28)10-11-26-12-14-27(15-13-26)24(30)20-6-8-21-19(16-20)7-9-23(29)25-21;/h2-9,16,22,28H,10-15H2,1H3,(H,25,29);1H. The maximum Gasteiger partial charge on any atom is 0.253 e. The summed E-state index contributed by atoms with van der Waals surface area (Å²) in [6.45, 7) is 5.78. The molecule has 1 aromatic heterocycles. The van der Waals surface area contributed by atoms with E-state index in [1.165, 1.54) is 11.6 Å². The highest BCUT2D eigenvalue weighted by Crippen LogP contribution is 2.19. The molecule has 2 heterocycles. The van der Waals surface area contributed by atoms with Gasteiger partial charge in [-0.25, -0.2) is 0 Å². The molecule has 0 aliphatic carbocycles. The maximum absolute atomic E-state index is 12.9. The average molecular weight is 442 g/mol. The van der Waals surface area contributed by atoms with Gasteiger partial charge in [-0.3, -0.25) is 14.5 Å². The van der Waals surface area contributed by atoms with Crippen LogP contribution in [-0.2, 0) is 0 Å². The summed E-state index contributed by atoms with van der Waals surface area (Å²) in [5.41, 5.74) is 3.36. The number of halogens is 1. The molecule has 0 saturated carbocycles. The normalized spacial score (nSPS) is 15.5. The van der Waals surface area contributed by atoms with E-state index in [-0.39, 0.29) is 23.9 Å². The zero-order chi connectivity index (χ0) is 21.1. The van der Waals surface area contributed by atoms with Crippen molar-refractivity contribution in [3.8, 4) is 0 Å². The van der Waals surface area contributed by atoms with Crippen LogP contribution in [0.15, 0.2) is 59.4 Å². The van der Waals surface area contributed by atoms with Crippen LogP contribution in [-0.4, -0.2) is 58.5 Å². The van der Waals surface area contributed by atoms with E-state index in [4.69, 9.17) is 0 Å². The highest BCUT2D eigenvalue weighted by atomic mass is 35.5. The Morgan fingerprint density at radius 2 is 1.74 bits per heavy atom. The minimum Gasteiger partial charge on any atom is -0.388 e. The number of rotatable bonds is 5. The minimum atomic E-state index is -0.464. The lowest BCUT2D eigenvalue weighted by Gasteiger charge is -2.35. The number of piperazine rings is 1. The molecule has 31 heavy (non-hydrogen) atoms. The Balaban J connectivity index is 0.00000272. The van der Waals surface area contributed by atoms with E-state index in [0.717, 1.165) is 36.1 Å². The number of pyridine rings is 1. The summed E-state index contributed by atoms with van der Waals surface area (Å²) in [4.78, 5) is 31.3. The van der Waals surface area contributed by atoms with E-state index in [1.807, 2.05) is 42.2 Å². The van der Waals surface area contributed by atoms with Gasteiger partial charge >= 0.3 is 0 Å². The molecule has 1 atom stereocenters. The van der Waals surface area contributed by atoms with Crippen LogP contribution in [0, 0.1) is 6.92 Å². The van der Waals surface area contributed by atoms with Crippen LogP contribution in [0.4, 0.5) is 0 Å². The molecule has 1 saturated heterocycles. The van der Waals surface area contributed by atoms with Gasteiger partial charge in [-0.2, -0.15) is 0 Å². The molecule has 1 fully saturated rings. The summed E-state index contributed by atoms with van der Waals surface area (Å²) in [6.07, 6.45) is 0.217. The van der Waals surface area contributed by atoms with Gasteiger partial charge in [0.05, 0.1) is 6.10 Å². The molecule has 3 aromatic rings. The van der Waals surface area contributed by atoms with Gasteiger partial charge < -0.3 is 15.0 Å². The Hall–Kier alpha value is -2.67. The number of hydrogen-bond donors (Lipinski definition) is 2. The van der Waals surface area contributed by atoms with E-state index in [2.05, 4.69) is 9.88 Å². The number of aliphatic hydroxyl groups is 1. The monoisotopic (exact) mass is 441 g/mol. The average Bonchev–Trinajstić information content (AvgIpc) is 2.77. The summed E-state index contributed by atoms with van der Waals surface area (Å²) in [5.74, 6) is 0.0161. The number of benzene rings is 2. The number of fused-ring (bicyclic) bond motifs is 1. The number of amides is 1.